The summed E-state index contributed by atoms with van der Waals surface area (Å²) < 4.78 is 11.0. The molecule has 0 spiro atoms. The van der Waals surface area contributed by atoms with Gasteiger partial charge in [0, 0.05) is 10.6 Å². The van der Waals surface area contributed by atoms with Crippen molar-refractivity contribution >= 4 is 11.6 Å². The van der Waals surface area contributed by atoms with Gasteiger partial charge in [0.1, 0.15) is 24.7 Å². The second kappa shape index (κ2) is 8.38. The maximum absolute atomic E-state index is 11.3. The van der Waals surface area contributed by atoms with Gasteiger partial charge in [0.15, 0.2) is 0 Å². The number of nitrogens with zero attached hydrogens (tertiary/aromatic N) is 1. The summed E-state index contributed by atoms with van der Waals surface area (Å²) in [5.74, 6) is 0.730. The van der Waals surface area contributed by atoms with Crippen LogP contribution in [0.4, 0.5) is 5.69 Å². The number of benzene rings is 2. The van der Waals surface area contributed by atoms with Crippen molar-refractivity contribution in [3.63, 3.8) is 0 Å². The van der Waals surface area contributed by atoms with E-state index in [1.54, 1.807) is 24.3 Å². The lowest BCUT2D eigenvalue weighted by molar-refractivity contribution is -0.467. The second-order valence-electron chi connectivity index (χ2n) is 4.57. The minimum Gasteiger partial charge on any atom is -0.490 e. The van der Waals surface area contributed by atoms with Crippen molar-refractivity contribution in [2.24, 2.45) is 0 Å². The van der Waals surface area contributed by atoms with Crippen LogP contribution < -0.4 is 14.8 Å². The van der Waals surface area contributed by atoms with Crippen molar-refractivity contribution in [3.05, 3.63) is 64.7 Å². The zero-order valence-corrected chi connectivity index (χ0v) is 12.3. The highest BCUT2D eigenvalue weighted by Crippen LogP contribution is 2.16. The van der Waals surface area contributed by atoms with E-state index in [1.165, 1.54) is 0 Å². The summed E-state index contributed by atoms with van der Waals surface area (Å²) in [4.78, 5) is 20.8. The van der Waals surface area contributed by atoms with Gasteiger partial charge in [0.25, 0.3) is 12.5 Å². The van der Waals surface area contributed by atoms with Crippen molar-refractivity contribution in [2.45, 2.75) is 0 Å². The first kappa shape index (κ1) is 16.3. The van der Waals surface area contributed by atoms with Crippen LogP contribution in [0.25, 0.3) is 0 Å². The number of rotatable bonds is 8. The zero-order valence-electron chi connectivity index (χ0n) is 12.3. The molecule has 0 heterocycles. The lowest BCUT2D eigenvalue weighted by Crippen LogP contribution is -2.21. The smallest absolute Gasteiger partial charge is 0.296 e. The summed E-state index contributed by atoms with van der Waals surface area (Å²) in [5.41, 5.74) is 0.477. The van der Waals surface area contributed by atoms with E-state index in [9.17, 15) is 14.9 Å². The molecule has 2 aromatic rings. The third-order valence-electron chi connectivity index (χ3n) is 2.77. The van der Waals surface area contributed by atoms with Crippen LogP contribution in [0, 0.1) is 10.1 Å². The molecule has 0 fully saturated rings. The summed E-state index contributed by atoms with van der Waals surface area (Å²) in [6.07, 6.45) is 0. The van der Waals surface area contributed by atoms with Gasteiger partial charge in [0.2, 0.25) is 0 Å². The molecule has 0 unspecified atom stereocenters. The molecule has 0 aliphatic rings. The third kappa shape index (κ3) is 6.04. The average Bonchev–Trinajstić information content (AvgIpc) is 2.53. The molecule has 120 valence electrons. The molecule has 0 saturated carbocycles. The number of ether oxygens (including phenoxy) is 2. The Kier molecular flexibility index (Phi) is 5.93. The maximum atomic E-state index is 11.3. The van der Waals surface area contributed by atoms with Crippen LogP contribution in [0.5, 0.6) is 11.5 Å². The number of amides is 1. The number of nitro groups is 1. The van der Waals surface area contributed by atoms with Crippen molar-refractivity contribution in [1.82, 2.24) is 0 Å². The van der Waals surface area contributed by atoms with E-state index in [0.29, 0.717) is 24.7 Å². The number of nitrogens with one attached hydrogen (secondary N) is 1. The summed E-state index contributed by atoms with van der Waals surface area (Å²) >= 11 is 0. The Bertz CT molecular complexity index is 643. The number of hydrogen-bond acceptors (Lipinski definition) is 5. The monoisotopic (exact) mass is 316 g/mol. The summed E-state index contributed by atoms with van der Waals surface area (Å²) in [5, 5.41) is 12.6. The Hall–Kier alpha value is -3.09. The highest BCUT2D eigenvalue weighted by atomic mass is 16.6. The highest BCUT2D eigenvalue weighted by Gasteiger charge is 2.09. The van der Waals surface area contributed by atoms with Crippen LogP contribution in [0.1, 0.15) is 0 Å². The van der Waals surface area contributed by atoms with Gasteiger partial charge in [-0.1, -0.05) is 18.2 Å². The van der Waals surface area contributed by atoms with Gasteiger partial charge in [-0.2, -0.15) is 0 Å². The third-order valence-corrected chi connectivity index (χ3v) is 2.77. The van der Waals surface area contributed by atoms with Gasteiger partial charge in [-0.15, -0.1) is 0 Å². The van der Waals surface area contributed by atoms with Crippen LogP contribution in [-0.4, -0.2) is 30.6 Å². The lowest BCUT2D eigenvalue weighted by Gasteiger charge is -2.09. The van der Waals surface area contributed by atoms with E-state index in [1.807, 2.05) is 30.3 Å². The normalized spacial score (nSPS) is 9.91. The topological polar surface area (TPSA) is 90.7 Å². The first-order valence-corrected chi connectivity index (χ1v) is 6.96. The number of carbonyl (C=O) groups is 1. The fraction of sp³-hybridized carbons (Fsp3) is 0.188. The molecule has 0 bridgehead atoms. The molecule has 2 aromatic carbocycles. The molecule has 23 heavy (non-hydrogen) atoms. The fourth-order valence-corrected chi connectivity index (χ4v) is 1.79. The molecular weight excluding hydrogens is 300 g/mol. The fourth-order valence-electron chi connectivity index (χ4n) is 1.79. The highest BCUT2D eigenvalue weighted by molar-refractivity contribution is 5.91. The number of hydrogen-bond donors (Lipinski definition) is 1. The van der Waals surface area contributed by atoms with Crippen LogP contribution >= 0.6 is 0 Å². The Labute approximate surface area is 133 Å². The molecule has 7 nitrogen and oxygen atoms in total. The van der Waals surface area contributed by atoms with E-state index in [4.69, 9.17) is 9.47 Å². The zero-order chi connectivity index (χ0) is 16.5. The summed E-state index contributed by atoms with van der Waals surface area (Å²) in [6.45, 7) is 0.0301. The molecule has 1 amide bonds. The lowest BCUT2D eigenvalue weighted by atomic mass is 10.3. The van der Waals surface area contributed by atoms with Crippen LogP contribution in [-0.2, 0) is 4.79 Å². The standard InChI is InChI=1S/C16H16N2O5/c19-16(12-18(20)21)17-13-6-8-15(9-7-13)23-11-10-22-14-4-2-1-3-5-14/h1-9H,10-12H2,(H,17,19). The minimum atomic E-state index is -0.755. The molecule has 0 saturated heterocycles. The largest absolute Gasteiger partial charge is 0.490 e. The first-order valence-electron chi connectivity index (χ1n) is 6.96. The molecule has 0 radical (unpaired) electrons. The maximum Gasteiger partial charge on any atom is 0.296 e. The summed E-state index contributed by atoms with van der Waals surface area (Å²) in [6, 6.07) is 16.0. The molecule has 1 N–H and O–H groups in total. The molecular formula is C16H16N2O5. The van der Waals surface area contributed by atoms with E-state index >= 15 is 0 Å². The van der Waals surface area contributed by atoms with Crippen LogP contribution in [0.2, 0.25) is 0 Å². The number of para-hydroxylation sites is 1. The average molecular weight is 316 g/mol. The van der Waals surface area contributed by atoms with Crippen molar-refractivity contribution in [3.8, 4) is 11.5 Å². The van der Waals surface area contributed by atoms with E-state index < -0.39 is 17.4 Å². The predicted octanol–water partition coefficient (Wildman–Crippen LogP) is 2.36. The van der Waals surface area contributed by atoms with Gasteiger partial charge in [-0.3, -0.25) is 14.9 Å². The number of anilines is 1. The Balaban J connectivity index is 1.72. The molecule has 2 rings (SSSR count). The molecule has 0 atom stereocenters. The first-order chi connectivity index (χ1) is 11.1. The van der Waals surface area contributed by atoms with Gasteiger partial charge in [0.05, 0.1) is 0 Å². The predicted molar refractivity (Wildman–Crippen MR) is 84.4 cm³/mol. The molecule has 0 aromatic heterocycles. The molecule has 7 heteroatoms. The van der Waals surface area contributed by atoms with E-state index in [0.717, 1.165) is 5.75 Å². The van der Waals surface area contributed by atoms with Gasteiger partial charge in [-0.05, 0) is 36.4 Å². The quantitative estimate of drug-likeness (QED) is 0.458. The number of carbonyl (C=O) groups excluding carboxylic acids is 1. The molecule has 0 aliphatic carbocycles. The van der Waals surface area contributed by atoms with Crippen LogP contribution in [0.3, 0.4) is 0 Å². The van der Waals surface area contributed by atoms with Crippen molar-refractivity contribution in [1.29, 1.82) is 0 Å². The van der Waals surface area contributed by atoms with E-state index in [-0.39, 0.29) is 0 Å². The van der Waals surface area contributed by atoms with Gasteiger partial charge >= 0.3 is 0 Å². The van der Waals surface area contributed by atoms with E-state index in [2.05, 4.69) is 5.32 Å². The Morgan fingerprint density at radius 1 is 0.957 bits per heavy atom. The van der Waals surface area contributed by atoms with Gasteiger partial charge in [-0.25, -0.2) is 0 Å². The Morgan fingerprint density at radius 3 is 2.09 bits per heavy atom. The second-order valence-corrected chi connectivity index (χ2v) is 4.57. The SMILES string of the molecule is O=C(C[N+](=O)[O-])Nc1ccc(OCCOc2ccccc2)cc1. The summed E-state index contributed by atoms with van der Waals surface area (Å²) in [7, 11) is 0. The molecule has 0 aliphatic heterocycles. The minimum absolute atomic E-state index is 0.377. The van der Waals surface area contributed by atoms with Gasteiger partial charge < -0.3 is 14.8 Å². The van der Waals surface area contributed by atoms with Crippen molar-refractivity contribution in [2.75, 3.05) is 25.1 Å². The van der Waals surface area contributed by atoms with Crippen molar-refractivity contribution < 1.29 is 19.2 Å². The Morgan fingerprint density at radius 2 is 1.52 bits per heavy atom. The van der Waals surface area contributed by atoms with Crippen LogP contribution in [0.15, 0.2) is 54.6 Å².